The van der Waals surface area contributed by atoms with Crippen LogP contribution in [0.25, 0.3) is 11.1 Å². The van der Waals surface area contributed by atoms with Gasteiger partial charge in [0.05, 0.1) is 18.8 Å². The number of benzene rings is 3. The number of hydrogen-bond donors (Lipinski definition) is 0. The largest absolute Gasteiger partial charge is 0.488 e. The third-order valence-electron chi connectivity index (χ3n) is 4.44. The zero-order chi connectivity index (χ0) is 20.5. The van der Waals surface area contributed by atoms with Crippen LogP contribution < -0.4 is 4.74 Å². The van der Waals surface area contributed by atoms with Gasteiger partial charge in [-0.2, -0.15) is 0 Å². The van der Waals surface area contributed by atoms with Crippen LogP contribution in [0, 0.1) is 0 Å². The number of hydrogen-bond acceptors (Lipinski definition) is 4. The van der Waals surface area contributed by atoms with E-state index < -0.39 is 0 Å². The van der Waals surface area contributed by atoms with Crippen LogP contribution in [0.3, 0.4) is 0 Å². The molecule has 0 N–H and O–H groups in total. The highest BCUT2D eigenvalue weighted by Crippen LogP contribution is 2.32. The quantitative estimate of drug-likeness (QED) is 0.443. The van der Waals surface area contributed by atoms with E-state index in [1.165, 1.54) is 0 Å². The second kappa shape index (κ2) is 10.4. The molecule has 0 aliphatic heterocycles. The molecule has 4 heteroatoms. The number of carbonyl (C=O) groups is 1. The average Bonchev–Trinajstić information content (AvgIpc) is 2.77. The molecule has 3 aromatic rings. The summed E-state index contributed by atoms with van der Waals surface area (Å²) in [6.45, 7) is 3.36. The van der Waals surface area contributed by atoms with E-state index in [4.69, 9.17) is 14.2 Å². The summed E-state index contributed by atoms with van der Waals surface area (Å²) in [4.78, 5) is 12.3. The van der Waals surface area contributed by atoms with E-state index in [-0.39, 0.29) is 5.97 Å². The van der Waals surface area contributed by atoms with Gasteiger partial charge in [-0.3, -0.25) is 0 Å². The van der Waals surface area contributed by atoms with Gasteiger partial charge in [-0.15, -0.1) is 0 Å². The standard InChI is InChI=1S/C25H26O4/c1-3-14-28-25(26)22-11-7-10-21(16-22)23-15-20(17-27-2)12-13-24(23)29-18-19-8-5-4-6-9-19/h4-13,15-16H,3,14,17-18H2,1-2H3. The summed E-state index contributed by atoms with van der Waals surface area (Å²) >= 11 is 0. The third-order valence-corrected chi connectivity index (χ3v) is 4.44. The number of ether oxygens (including phenoxy) is 3. The van der Waals surface area contributed by atoms with E-state index in [9.17, 15) is 4.79 Å². The lowest BCUT2D eigenvalue weighted by molar-refractivity contribution is 0.0505. The van der Waals surface area contributed by atoms with E-state index in [1.54, 1.807) is 13.2 Å². The molecule has 0 aromatic heterocycles. The van der Waals surface area contributed by atoms with Crippen molar-refractivity contribution in [1.82, 2.24) is 0 Å². The average molecular weight is 390 g/mol. The minimum Gasteiger partial charge on any atom is -0.488 e. The molecule has 0 spiro atoms. The van der Waals surface area contributed by atoms with Crippen LogP contribution in [0.5, 0.6) is 5.75 Å². The maximum Gasteiger partial charge on any atom is 0.338 e. The maximum absolute atomic E-state index is 12.3. The van der Waals surface area contributed by atoms with Gasteiger partial charge in [-0.05, 0) is 47.4 Å². The number of carbonyl (C=O) groups excluding carboxylic acids is 1. The maximum atomic E-state index is 12.3. The number of methoxy groups -OCH3 is 1. The highest BCUT2D eigenvalue weighted by atomic mass is 16.5. The molecule has 0 bridgehead atoms. The second-order valence-electron chi connectivity index (χ2n) is 6.75. The van der Waals surface area contributed by atoms with Crippen molar-refractivity contribution in [3.63, 3.8) is 0 Å². The summed E-state index contributed by atoms with van der Waals surface area (Å²) in [5, 5.41) is 0. The first-order valence-corrected chi connectivity index (χ1v) is 9.77. The van der Waals surface area contributed by atoms with Gasteiger partial charge >= 0.3 is 5.97 Å². The SMILES string of the molecule is CCCOC(=O)c1cccc(-c2cc(COC)ccc2OCc2ccccc2)c1. The summed E-state index contributed by atoms with van der Waals surface area (Å²) in [6.07, 6.45) is 0.794. The molecule has 0 radical (unpaired) electrons. The van der Waals surface area contributed by atoms with Crippen LogP contribution >= 0.6 is 0 Å². The van der Waals surface area contributed by atoms with E-state index in [0.717, 1.165) is 34.4 Å². The Morgan fingerprint density at radius 3 is 2.45 bits per heavy atom. The second-order valence-corrected chi connectivity index (χ2v) is 6.75. The van der Waals surface area contributed by atoms with Crippen molar-refractivity contribution in [1.29, 1.82) is 0 Å². The first kappa shape index (κ1) is 20.6. The highest BCUT2D eigenvalue weighted by molar-refractivity contribution is 5.91. The number of esters is 1. The summed E-state index contributed by atoms with van der Waals surface area (Å²) in [5.74, 6) is 0.446. The Kier molecular flexibility index (Phi) is 7.42. The molecule has 4 nitrogen and oxygen atoms in total. The van der Waals surface area contributed by atoms with Crippen molar-refractivity contribution in [2.45, 2.75) is 26.6 Å². The normalized spacial score (nSPS) is 10.6. The smallest absolute Gasteiger partial charge is 0.338 e. The van der Waals surface area contributed by atoms with Crippen molar-refractivity contribution >= 4 is 5.97 Å². The number of rotatable bonds is 9. The molecule has 0 aliphatic carbocycles. The topological polar surface area (TPSA) is 44.8 Å². The molecule has 0 saturated carbocycles. The fourth-order valence-electron chi connectivity index (χ4n) is 3.01. The molecule has 0 unspecified atom stereocenters. The lowest BCUT2D eigenvalue weighted by Gasteiger charge is -2.14. The Morgan fingerprint density at radius 2 is 1.69 bits per heavy atom. The molecule has 0 fully saturated rings. The molecule has 0 saturated heterocycles. The van der Waals surface area contributed by atoms with Crippen LogP contribution in [-0.4, -0.2) is 19.7 Å². The van der Waals surface area contributed by atoms with Gasteiger partial charge in [0.25, 0.3) is 0 Å². The molecule has 3 rings (SSSR count). The fourth-order valence-corrected chi connectivity index (χ4v) is 3.01. The van der Waals surface area contributed by atoms with Crippen LogP contribution in [0.1, 0.15) is 34.8 Å². The fraction of sp³-hybridized carbons (Fsp3) is 0.240. The summed E-state index contributed by atoms with van der Waals surface area (Å²) in [7, 11) is 1.67. The first-order valence-electron chi connectivity index (χ1n) is 9.77. The lowest BCUT2D eigenvalue weighted by Crippen LogP contribution is -2.06. The van der Waals surface area contributed by atoms with Gasteiger partial charge in [0, 0.05) is 12.7 Å². The van der Waals surface area contributed by atoms with Crippen molar-refractivity contribution in [2.75, 3.05) is 13.7 Å². The van der Waals surface area contributed by atoms with Crippen LogP contribution in [0.2, 0.25) is 0 Å². The Hall–Kier alpha value is -3.11. The summed E-state index contributed by atoms with van der Waals surface area (Å²) in [5.41, 5.74) is 4.48. The Labute approximate surface area is 172 Å². The summed E-state index contributed by atoms with van der Waals surface area (Å²) < 4.78 is 16.7. The lowest BCUT2D eigenvalue weighted by atomic mass is 10.00. The zero-order valence-corrected chi connectivity index (χ0v) is 16.9. The molecule has 3 aromatic carbocycles. The van der Waals surface area contributed by atoms with Gasteiger partial charge in [0.2, 0.25) is 0 Å². The molecule has 29 heavy (non-hydrogen) atoms. The Morgan fingerprint density at radius 1 is 0.862 bits per heavy atom. The molecule has 150 valence electrons. The zero-order valence-electron chi connectivity index (χ0n) is 16.9. The Balaban J connectivity index is 1.91. The molecule has 0 heterocycles. The van der Waals surface area contributed by atoms with Crippen LogP contribution in [-0.2, 0) is 22.7 Å². The van der Waals surface area contributed by atoms with Crippen molar-refractivity contribution in [2.24, 2.45) is 0 Å². The van der Waals surface area contributed by atoms with Gasteiger partial charge in [-0.25, -0.2) is 4.79 Å². The predicted molar refractivity (Wildman–Crippen MR) is 114 cm³/mol. The Bertz CT molecular complexity index is 935. The minimum atomic E-state index is -0.312. The molecular formula is C25H26O4. The summed E-state index contributed by atoms with van der Waals surface area (Å²) in [6, 6.07) is 23.5. The molecule has 0 amide bonds. The van der Waals surface area contributed by atoms with Crippen molar-refractivity contribution in [3.05, 3.63) is 89.5 Å². The van der Waals surface area contributed by atoms with Gasteiger partial charge in [-0.1, -0.05) is 55.5 Å². The van der Waals surface area contributed by atoms with Crippen LogP contribution in [0.15, 0.2) is 72.8 Å². The van der Waals surface area contributed by atoms with E-state index in [1.807, 2.05) is 73.7 Å². The van der Waals surface area contributed by atoms with Gasteiger partial charge in [0.1, 0.15) is 12.4 Å². The van der Waals surface area contributed by atoms with E-state index in [2.05, 4.69) is 0 Å². The molecule has 0 aliphatic rings. The highest BCUT2D eigenvalue weighted by Gasteiger charge is 2.12. The van der Waals surface area contributed by atoms with Crippen molar-refractivity contribution < 1.29 is 19.0 Å². The van der Waals surface area contributed by atoms with Crippen molar-refractivity contribution in [3.8, 4) is 16.9 Å². The van der Waals surface area contributed by atoms with E-state index in [0.29, 0.717) is 25.4 Å². The molecular weight excluding hydrogens is 364 g/mol. The van der Waals surface area contributed by atoms with Gasteiger partial charge in [0.15, 0.2) is 0 Å². The van der Waals surface area contributed by atoms with E-state index >= 15 is 0 Å². The monoisotopic (exact) mass is 390 g/mol. The first-order chi connectivity index (χ1) is 14.2. The molecule has 0 atom stereocenters. The minimum absolute atomic E-state index is 0.312. The van der Waals surface area contributed by atoms with Crippen LogP contribution in [0.4, 0.5) is 0 Å². The third kappa shape index (κ3) is 5.69. The van der Waals surface area contributed by atoms with Gasteiger partial charge < -0.3 is 14.2 Å². The predicted octanol–water partition coefficient (Wildman–Crippen LogP) is 5.65.